The maximum atomic E-state index is 12.4. The zero-order valence-corrected chi connectivity index (χ0v) is 14.3. The van der Waals surface area contributed by atoms with Gasteiger partial charge in [0.15, 0.2) is 0 Å². The third-order valence-electron chi connectivity index (χ3n) is 4.37. The minimum absolute atomic E-state index is 0.0245. The summed E-state index contributed by atoms with van der Waals surface area (Å²) in [5.41, 5.74) is 0.915. The minimum Gasteiger partial charge on any atom is -0.368 e. The highest BCUT2D eigenvalue weighted by Crippen LogP contribution is 2.27. The topological polar surface area (TPSA) is 50.2 Å². The fourth-order valence-corrected chi connectivity index (χ4v) is 3.87. The molecule has 2 saturated heterocycles. The van der Waals surface area contributed by atoms with E-state index in [1.54, 1.807) is 4.68 Å². The van der Waals surface area contributed by atoms with Gasteiger partial charge in [-0.3, -0.25) is 4.79 Å². The Hall–Kier alpha value is -0.880. The van der Waals surface area contributed by atoms with Gasteiger partial charge in [-0.15, -0.1) is 0 Å². The van der Waals surface area contributed by atoms with Crippen molar-refractivity contribution in [2.75, 3.05) is 18.0 Å². The Bertz CT molecular complexity index is 571. The van der Waals surface area contributed by atoms with Crippen LogP contribution in [-0.2, 0) is 6.54 Å². The van der Waals surface area contributed by atoms with E-state index in [1.165, 1.54) is 12.8 Å². The lowest BCUT2D eigenvalue weighted by molar-refractivity contribution is 0.461. The van der Waals surface area contributed by atoms with Gasteiger partial charge >= 0.3 is 0 Å². The molecule has 116 valence electrons. The standard InChI is InChI=1S/C15H23BrN4O/c1-10(2)8-20-15(21)14(16)13(7-17-20)19-6-5-11-3-4-12(9-19)18-11/h7,10-12,18H,3-6,8-9H2,1-2H3. The Labute approximate surface area is 133 Å². The van der Waals surface area contributed by atoms with Crippen molar-refractivity contribution in [2.45, 2.75) is 51.7 Å². The number of fused-ring (bicyclic) bond motifs is 2. The van der Waals surface area contributed by atoms with Crippen LogP contribution in [0.2, 0.25) is 0 Å². The van der Waals surface area contributed by atoms with Crippen LogP contribution in [0.4, 0.5) is 5.69 Å². The van der Waals surface area contributed by atoms with E-state index in [2.05, 4.69) is 45.1 Å². The molecule has 0 saturated carbocycles. The van der Waals surface area contributed by atoms with E-state index in [1.807, 2.05) is 6.20 Å². The van der Waals surface area contributed by atoms with Crippen molar-refractivity contribution in [1.82, 2.24) is 15.1 Å². The molecule has 0 spiro atoms. The van der Waals surface area contributed by atoms with Gasteiger partial charge in [-0.2, -0.15) is 5.10 Å². The van der Waals surface area contributed by atoms with E-state index in [9.17, 15) is 4.79 Å². The summed E-state index contributed by atoms with van der Waals surface area (Å²) in [7, 11) is 0. The molecule has 2 bridgehead atoms. The molecule has 0 aromatic carbocycles. The van der Waals surface area contributed by atoms with Gasteiger partial charge in [-0.05, 0) is 41.1 Å². The maximum Gasteiger partial charge on any atom is 0.283 e. The SMILES string of the molecule is CC(C)Cn1ncc(N2CCC3CCC(C2)N3)c(Br)c1=O. The number of rotatable bonds is 3. The molecule has 1 aromatic rings. The van der Waals surface area contributed by atoms with Crippen LogP contribution in [0.15, 0.2) is 15.5 Å². The predicted octanol–water partition coefficient (Wildman–Crippen LogP) is 1.99. The minimum atomic E-state index is -0.0245. The Balaban J connectivity index is 1.85. The van der Waals surface area contributed by atoms with Gasteiger partial charge < -0.3 is 10.2 Å². The number of hydrogen-bond acceptors (Lipinski definition) is 4. The van der Waals surface area contributed by atoms with Gasteiger partial charge in [0, 0.05) is 31.7 Å². The lowest BCUT2D eigenvalue weighted by Gasteiger charge is -2.27. The molecule has 3 heterocycles. The summed E-state index contributed by atoms with van der Waals surface area (Å²) in [5, 5.41) is 8.02. The van der Waals surface area contributed by atoms with Crippen molar-refractivity contribution in [1.29, 1.82) is 0 Å². The second kappa shape index (κ2) is 6.08. The van der Waals surface area contributed by atoms with Crippen molar-refractivity contribution in [3.8, 4) is 0 Å². The first kappa shape index (κ1) is 15.0. The number of nitrogens with one attached hydrogen (secondary N) is 1. The van der Waals surface area contributed by atoms with Gasteiger partial charge in [0.25, 0.3) is 5.56 Å². The molecule has 6 heteroatoms. The van der Waals surface area contributed by atoms with Crippen LogP contribution >= 0.6 is 15.9 Å². The normalized spacial score (nSPS) is 25.4. The number of nitrogens with zero attached hydrogens (tertiary/aromatic N) is 3. The summed E-state index contributed by atoms with van der Waals surface area (Å²) in [5.74, 6) is 0.408. The highest BCUT2D eigenvalue weighted by Gasteiger charge is 2.30. The molecule has 2 aliphatic heterocycles. The monoisotopic (exact) mass is 354 g/mol. The Morgan fingerprint density at radius 3 is 2.90 bits per heavy atom. The van der Waals surface area contributed by atoms with E-state index in [0.717, 1.165) is 25.2 Å². The third kappa shape index (κ3) is 3.16. The van der Waals surface area contributed by atoms with E-state index < -0.39 is 0 Å². The van der Waals surface area contributed by atoms with Crippen LogP contribution in [0.25, 0.3) is 0 Å². The van der Waals surface area contributed by atoms with E-state index >= 15 is 0 Å². The lowest BCUT2D eigenvalue weighted by atomic mass is 10.1. The highest BCUT2D eigenvalue weighted by atomic mass is 79.9. The molecule has 0 aliphatic carbocycles. The summed E-state index contributed by atoms with van der Waals surface area (Å²) in [6.45, 7) is 6.79. The van der Waals surface area contributed by atoms with Crippen molar-refractivity contribution in [3.63, 3.8) is 0 Å². The molecular weight excluding hydrogens is 332 g/mol. The molecular formula is C15H23BrN4O. The van der Waals surface area contributed by atoms with Crippen LogP contribution in [0.5, 0.6) is 0 Å². The fraction of sp³-hybridized carbons (Fsp3) is 0.733. The molecule has 1 N–H and O–H groups in total. The average molecular weight is 355 g/mol. The fourth-order valence-electron chi connectivity index (χ4n) is 3.31. The molecule has 2 unspecified atom stereocenters. The number of anilines is 1. The lowest BCUT2D eigenvalue weighted by Crippen LogP contribution is -2.37. The first-order chi connectivity index (χ1) is 10.0. The molecule has 0 radical (unpaired) electrons. The third-order valence-corrected chi connectivity index (χ3v) is 5.11. The van der Waals surface area contributed by atoms with E-state index in [-0.39, 0.29) is 5.56 Å². The molecule has 3 rings (SSSR count). The van der Waals surface area contributed by atoms with Crippen molar-refractivity contribution >= 4 is 21.6 Å². The van der Waals surface area contributed by atoms with Gasteiger partial charge in [0.05, 0.1) is 11.9 Å². The molecule has 2 atom stereocenters. The summed E-state index contributed by atoms with van der Waals surface area (Å²) in [6.07, 6.45) is 5.50. The van der Waals surface area contributed by atoms with Crippen LogP contribution in [-0.4, -0.2) is 35.0 Å². The number of hydrogen-bond donors (Lipinski definition) is 1. The zero-order chi connectivity index (χ0) is 15.0. The zero-order valence-electron chi connectivity index (χ0n) is 12.7. The number of aromatic nitrogens is 2. The van der Waals surface area contributed by atoms with Crippen molar-refractivity contribution in [3.05, 3.63) is 21.0 Å². The summed E-state index contributed by atoms with van der Waals surface area (Å²) >= 11 is 3.50. The molecule has 21 heavy (non-hydrogen) atoms. The smallest absolute Gasteiger partial charge is 0.283 e. The van der Waals surface area contributed by atoms with Crippen LogP contribution in [0, 0.1) is 5.92 Å². The molecule has 2 aliphatic rings. The first-order valence-corrected chi connectivity index (χ1v) is 8.60. The van der Waals surface area contributed by atoms with Gasteiger partial charge in [-0.25, -0.2) is 4.68 Å². The average Bonchev–Trinajstić information content (AvgIpc) is 2.76. The molecule has 5 nitrogen and oxygen atoms in total. The van der Waals surface area contributed by atoms with Gasteiger partial charge in [0.1, 0.15) is 4.47 Å². The van der Waals surface area contributed by atoms with E-state index in [0.29, 0.717) is 29.0 Å². The van der Waals surface area contributed by atoms with E-state index in [4.69, 9.17) is 0 Å². The molecule has 2 fully saturated rings. The van der Waals surface area contributed by atoms with Crippen LogP contribution in [0.3, 0.4) is 0 Å². The van der Waals surface area contributed by atoms with Crippen LogP contribution in [0.1, 0.15) is 33.1 Å². The van der Waals surface area contributed by atoms with Gasteiger partial charge in [0.2, 0.25) is 0 Å². The predicted molar refractivity (Wildman–Crippen MR) is 87.8 cm³/mol. The Kier molecular flexibility index (Phi) is 4.36. The number of halogens is 1. The maximum absolute atomic E-state index is 12.4. The first-order valence-electron chi connectivity index (χ1n) is 7.81. The summed E-state index contributed by atoms with van der Waals surface area (Å²) < 4.78 is 2.21. The van der Waals surface area contributed by atoms with Crippen molar-refractivity contribution in [2.24, 2.45) is 5.92 Å². The highest BCUT2D eigenvalue weighted by molar-refractivity contribution is 9.10. The van der Waals surface area contributed by atoms with Crippen molar-refractivity contribution < 1.29 is 0 Å². The Morgan fingerprint density at radius 2 is 2.14 bits per heavy atom. The second-order valence-electron chi connectivity index (χ2n) is 6.60. The summed E-state index contributed by atoms with van der Waals surface area (Å²) in [4.78, 5) is 14.7. The second-order valence-corrected chi connectivity index (χ2v) is 7.39. The van der Waals surface area contributed by atoms with Gasteiger partial charge in [-0.1, -0.05) is 13.8 Å². The summed E-state index contributed by atoms with van der Waals surface area (Å²) in [6, 6.07) is 1.19. The Morgan fingerprint density at radius 1 is 1.38 bits per heavy atom. The quantitative estimate of drug-likeness (QED) is 0.901. The molecule has 1 aromatic heterocycles. The van der Waals surface area contributed by atoms with Crippen LogP contribution < -0.4 is 15.8 Å². The molecule has 0 amide bonds. The largest absolute Gasteiger partial charge is 0.368 e.